The van der Waals surface area contributed by atoms with E-state index in [1.54, 1.807) is 0 Å². The summed E-state index contributed by atoms with van der Waals surface area (Å²) in [7, 11) is 0. The van der Waals surface area contributed by atoms with E-state index >= 15 is 0 Å². The van der Waals surface area contributed by atoms with Crippen LogP contribution in [0.15, 0.2) is 36.4 Å². The minimum atomic E-state index is -0.940. The molecule has 2 aromatic rings. The summed E-state index contributed by atoms with van der Waals surface area (Å²) in [5.41, 5.74) is 3.44. The van der Waals surface area contributed by atoms with E-state index in [1.807, 2.05) is 18.2 Å². The Labute approximate surface area is 139 Å². The van der Waals surface area contributed by atoms with E-state index in [-0.39, 0.29) is 24.7 Å². The molecule has 0 aromatic heterocycles. The Balaban J connectivity index is 0.00000192. The number of carbonyl (C=O) groups excluding carboxylic acids is 1. The monoisotopic (exact) mass is 338 g/mol. The molecule has 1 aliphatic rings. The van der Waals surface area contributed by atoms with Crippen molar-refractivity contribution in [2.45, 2.75) is 19.3 Å². The molecule has 6 heteroatoms. The lowest BCUT2D eigenvalue weighted by Gasteiger charge is -2.18. The molecular formula is C17H17ClF2N2O. The molecule has 0 atom stereocenters. The minimum Gasteiger partial charge on any atom is -0.385 e. The van der Waals surface area contributed by atoms with Crippen LogP contribution < -0.4 is 10.6 Å². The van der Waals surface area contributed by atoms with Crippen LogP contribution in [0.1, 0.15) is 17.5 Å². The second-order valence-electron chi connectivity index (χ2n) is 5.38. The van der Waals surface area contributed by atoms with E-state index in [0.717, 1.165) is 42.9 Å². The number of nitrogens with one attached hydrogen (secondary N) is 2. The number of benzene rings is 2. The molecule has 0 unspecified atom stereocenters. The Morgan fingerprint density at radius 2 is 1.96 bits per heavy atom. The van der Waals surface area contributed by atoms with Gasteiger partial charge >= 0.3 is 0 Å². The average Bonchev–Trinajstić information content (AvgIpc) is 2.51. The van der Waals surface area contributed by atoms with Crippen molar-refractivity contribution in [1.82, 2.24) is 0 Å². The van der Waals surface area contributed by atoms with Crippen molar-refractivity contribution in [2.75, 3.05) is 17.2 Å². The summed E-state index contributed by atoms with van der Waals surface area (Å²) in [6.07, 6.45) is 2.06. The molecule has 3 rings (SSSR count). The van der Waals surface area contributed by atoms with Gasteiger partial charge in [-0.2, -0.15) is 0 Å². The molecule has 0 fully saturated rings. The fourth-order valence-corrected chi connectivity index (χ4v) is 2.59. The SMILES string of the molecule is Cl.O=C(Cc1ccc(F)c(F)c1)Nc1ccc2c(c1)CCCN2. The van der Waals surface area contributed by atoms with E-state index in [9.17, 15) is 13.6 Å². The molecule has 122 valence electrons. The number of carbonyl (C=O) groups is 1. The van der Waals surface area contributed by atoms with Gasteiger partial charge in [-0.05, 0) is 54.3 Å². The van der Waals surface area contributed by atoms with Crippen molar-refractivity contribution in [3.63, 3.8) is 0 Å². The lowest BCUT2D eigenvalue weighted by molar-refractivity contribution is -0.115. The maximum absolute atomic E-state index is 13.1. The summed E-state index contributed by atoms with van der Waals surface area (Å²) in [6.45, 7) is 0.967. The molecule has 23 heavy (non-hydrogen) atoms. The largest absolute Gasteiger partial charge is 0.385 e. The first-order valence-electron chi connectivity index (χ1n) is 7.22. The van der Waals surface area contributed by atoms with Crippen molar-refractivity contribution < 1.29 is 13.6 Å². The first kappa shape index (κ1) is 17.2. The second kappa shape index (κ2) is 7.42. The summed E-state index contributed by atoms with van der Waals surface area (Å²) in [5, 5.41) is 6.10. The zero-order chi connectivity index (χ0) is 15.5. The number of hydrogen-bond acceptors (Lipinski definition) is 2. The van der Waals surface area contributed by atoms with Crippen LogP contribution in [0.5, 0.6) is 0 Å². The maximum Gasteiger partial charge on any atom is 0.228 e. The number of rotatable bonds is 3. The van der Waals surface area contributed by atoms with Crippen LogP contribution >= 0.6 is 12.4 Å². The van der Waals surface area contributed by atoms with Crippen molar-refractivity contribution >= 4 is 29.7 Å². The Hall–Kier alpha value is -2.14. The second-order valence-corrected chi connectivity index (χ2v) is 5.38. The average molecular weight is 339 g/mol. The Kier molecular flexibility index (Phi) is 5.55. The quantitative estimate of drug-likeness (QED) is 0.890. The summed E-state index contributed by atoms with van der Waals surface area (Å²) in [5.74, 6) is -2.11. The molecule has 0 aliphatic carbocycles. The third-order valence-corrected chi connectivity index (χ3v) is 3.68. The van der Waals surface area contributed by atoms with Gasteiger partial charge in [-0.25, -0.2) is 8.78 Å². The number of halogens is 3. The normalized spacial score (nSPS) is 12.6. The maximum atomic E-state index is 13.1. The van der Waals surface area contributed by atoms with E-state index in [0.29, 0.717) is 5.56 Å². The van der Waals surface area contributed by atoms with Gasteiger partial charge in [0.15, 0.2) is 11.6 Å². The van der Waals surface area contributed by atoms with Gasteiger partial charge < -0.3 is 10.6 Å². The van der Waals surface area contributed by atoms with Crippen molar-refractivity contribution in [3.05, 3.63) is 59.2 Å². The molecule has 1 aliphatic heterocycles. The van der Waals surface area contributed by atoms with Gasteiger partial charge in [-0.1, -0.05) is 6.07 Å². The predicted octanol–water partition coefficient (Wildman–Crippen LogP) is 3.93. The Bertz CT molecular complexity index is 722. The molecule has 0 radical (unpaired) electrons. The standard InChI is InChI=1S/C17H16F2N2O.ClH/c18-14-5-3-11(8-15(14)19)9-17(22)21-13-4-6-16-12(10-13)2-1-7-20-16;/h3-6,8,10,20H,1-2,7,9H2,(H,21,22);1H. The fraction of sp³-hybridized carbons (Fsp3) is 0.235. The number of aryl methyl sites for hydroxylation is 1. The van der Waals surface area contributed by atoms with Gasteiger partial charge in [-0.15, -0.1) is 12.4 Å². The summed E-state index contributed by atoms with van der Waals surface area (Å²) in [4.78, 5) is 12.0. The van der Waals surface area contributed by atoms with E-state index in [1.165, 1.54) is 11.6 Å². The highest BCUT2D eigenvalue weighted by atomic mass is 35.5. The lowest BCUT2D eigenvalue weighted by Crippen LogP contribution is -2.16. The van der Waals surface area contributed by atoms with E-state index < -0.39 is 11.6 Å². The highest BCUT2D eigenvalue weighted by Gasteiger charge is 2.11. The van der Waals surface area contributed by atoms with Gasteiger partial charge in [0.1, 0.15) is 0 Å². The Morgan fingerprint density at radius 1 is 1.13 bits per heavy atom. The molecule has 1 amide bonds. The van der Waals surface area contributed by atoms with E-state index in [2.05, 4.69) is 10.6 Å². The van der Waals surface area contributed by atoms with Crippen LogP contribution in [0, 0.1) is 11.6 Å². The van der Waals surface area contributed by atoms with Crippen molar-refractivity contribution in [3.8, 4) is 0 Å². The topological polar surface area (TPSA) is 41.1 Å². The molecule has 2 N–H and O–H groups in total. The summed E-state index contributed by atoms with van der Waals surface area (Å²) < 4.78 is 26.0. The van der Waals surface area contributed by atoms with Crippen molar-refractivity contribution in [1.29, 1.82) is 0 Å². The zero-order valence-electron chi connectivity index (χ0n) is 12.4. The molecule has 2 aromatic carbocycles. The number of fused-ring (bicyclic) bond motifs is 1. The molecule has 0 bridgehead atoms. The van der Waals surface area contributed by atoms with Crippen molar-refractivity contribution in [2.24, 2.45) is 0 Å². The zero-order valence-corrected chi connectivity index (χ0v) is 13.2. The molecule has 3 nitrogen and oxygen atoms in total. The molecule has 0 spiro atoms. The highest BCUT2D eigenvalue weighted by molar-refractivity contribution is 5.92. The molecular weight excluding hydrogens is 322 g/mol. The number of amides is 1. The van der Waals surface area contributed by atoms with Crippen LogP contribution in [0.3, 0.4) is 0 Å². The smallest absolute Gasteiger partial charge is 0.228 e. The van der Waals surface area contributed by atoms with Crippen LogP contribution in [-0.4, -0.2) is 12.5 Å². The van der Waals surface area contributed by atoms with Gasteiger partial charge in [-0.3, -0.25) is 4.79 Å². The molecule has 1 heterocycles. The van der Waals surface area contributed by atoms with E-state index in [4.69, 9.17) is 0 Å². The van der Waals surface area contributed by atoms with Gasteiger partial charge in [0, 0.05) is 17.9 Å². The van der Waals surface area contributed by atoms with Gasteiger partial charge in [0.2, 0.25) is 5.91 Å². The lowest BCUT2D eigenvalue weighted by atomic mass is 10.0. The summed E-state index contributed by atoms with van der Waals surface area (Å²) in [6, 6.07) is 9.22. The van der Waals surface area contributed by atoms with Crippen LogP contribution in [-0.2, 0) is 17.6 Å². The first-order valence-corrected chi connectivity index (χ1v) is 7.22. The fourth-order valence-electron chi connectivity index (χ4n) is 2.59. The predicted molar refractivity (Wildman–Crippen MR) is 89.2 cm³/mol. The molecule has 0 saturated carbocycles. The number of hydrogen-bond donors (Lipinski definition) is 2. The highest BCUT2D eigenvalue weighted by Crippen LogP contribution is 2.25. The summed E-state index contributed by atoms with van der Waals surface area (Å²) >= 11 is 0. The van der Waals surface area contributed by atoms with Gasteiger partial charge in [0.05, 0.1) is 6.42 Å². The number of anilines is 2. The first-order chi connectivity index (χ1) is 10.6. The third kappa shape index (κ3) is 4.20. The Morgan fingerprint density at radius 3 is 2.74 bits per heavy atom. The van der Waals surface area contributed by atoms with Crippen LogP contribution in [0.4, 0.5) is 20.2 Å². The van der Waals surface area contributed by atoms with Gasteiger partial charge in [0.25, 0.3) is 0 Å². The molecule has 0 saturated heterocycles. The van der Waals surface area contributed by atoms with Crippen LogP contribution in [0.2, 0.25) is 0 Å². The third-order valence-electron chi connectivity index (χ3n) is 3.68. The minimum absolute atomic E-state index is 0. The van der Waals surface area contributed by atoms with Crippen LogP contribution in [0.25, 0.3) is 0 Å².